The normalized spacial score (nSPS) is 19.2. The fourth-order valence-corrected chi connectivity index (χ4v) is 3.09. The van der Waals surface area contributed by atoms with E-state index in [4.69, 9.17) is 11.1 Å². The summed E-state index contributed by atoms with van der Waals surface area (Å²) in [6, 6.07) is 4.76. The summed E-state index contributed by atoms with van der Waals surface area (Å²) in [6.45, 7) is 0. The summed E-state index contributed by atoms with van der Waals surface area (Å²) >= 11 is 0. The number of rotatable bonds is 1. The Kier molecular flexibility index (Phi) is 2.23. The van der Waals surface area contributed by atoms with E-state index in [9.17, 15) is 0 Å². The van der Waals surface area contributed by atoms with Crippen molar-refractivity contribution in [2.45, 2.75) is 38.5 Å². The third kappa shape index (κ3) is 1.53. The molecular formula is C14H18N2. The van der Waals surface area contributed by atoms with Gasteiger partial charge in [0.2, 0.25) is 0 Å². The quantitative estimate of drug-likeness (QED) is 0.546. The Hall–Kier alpha value is -1.31. The van der Waals surface area contributed by atoms with Crippen molar-refractivity contribution in [3.63, 3.8) is 0 Å². The van der Waals surface area contributed by atoms with Crippen LogP contribution in [-0.4, -0.2) is 5.84 Å². The molecule has 0 aliphatic heterocycles. The van der Waals surface area contributed by atoms with E-state index in [2.05, 4.69) is 12.1 Å². The highest BCUT2D eigenvalue weighted by molar-refractivity contribution is 5.81. The van der Waals surface area contributed by atoms with Crippen LogP contribution in [0, 0.1) is 11.3 Å². The van der Waals surface area contributed by atoms with Crippen LogP contribution < -0.4 is 5.73 Å². The minimum absolute atomic E-state index is 0.263. The smallest absolute Gasteiger partial charge is 0.0943 e. The van der Waals surface area contributed by atoms with Gasteiger partial charge in [-0.1, -0.05) is 12.1 Å². The summed E-state index contributed by atoms with van der Waals surface area (Å²) in [5, 5.41) is 7.55. The lowest BCUT2D eigenvalue weighted by molar-refractivity contribution is 0.684. The van der Waals surface area contributed by atoms with Crippen molar-refractivity contribution in [3.05, 3.63) is 34.4 Å². The van der Waals surface area contributed by atoms with E-state index in [0.29, 0.717) is 5.84 Å². The fraction of sp³-hybridized carbons (Fsp3) is 0.500. The highest BCUT2D eigenvalue weighted by Gasteiger charge is 2.25. The lowest BCUT2D eigenvalue weighted by Gasteiger charge is -2.17. The van der Waals surface area contributed by atoms with Crippen molar-refractivity contribution >= 4 is 5.84 Å². The third-order valence-corrected chi connectivity index (χ3v) is 4.04. The van der Waals surface area contributed by atoms with Gasteiger partial charge < -0.3 is 5.73 Å². The number of fused-ring (bicyclic) bond motifs is 2. The molecule has 0 spiro atoms. The highest BCUT2D eigenvalue weighted by atomic mass is 14.7. The molecule has 0 saturated heterocycles. The molecular weight excluding hydrogens is 196 g/mol. The summed E-state index contributed by atoms with van der Waals surface area (Å²) in [4.78, 5) is 0. The topological polar surface area (TPSA) is 49.9 Å². The van der Waals surface area contributed by atoms with Crippen LogP contribution >= 0.6 is 0 Å². The van der Waals surface area contributed by atoms with Crippen LogP contribution in [0.2, 0.25) is 0 Å². The molecule has 16 heavy (non-hydrogen) atoms. The van der Waals surface area contributed by atoms with Gasteiger partial charge in [-0.05, 0) is 60.8 Å². The van der Waals surface area contributed by atoms with Gasteiger partial charge in [-0.25, -0.2) is 0 Å². The zero-order valence-electron chi connectivity index (χ0n) is 9.55. The van der Waals surface area contributed by atoms with Gasteiger partial charge in [-0.2, -0.15) is 0 Å². The van der Waals surface area contributed by atoms with Crippen molar-refractivity contribution in [1.29, 1.82) is 5.41 Å². The molecule has 2 heteroatoms. The number of benzene rings is 1. The van der Waals surface area contributed by atoms with Crippen molar-refractivity contribution in [2.24, 2.45) is 11.7 Å². The molecule has 0 heterocycles. The largest absolute Gasteiger partial charge is 0.387 e. The van der Waals surface area contributed by atoms with E-state index in [1.54, 1.807) is 11.1 Å². The lowest BCUT2D eigenvalue weighted by Crippen LogP contribution is -2.22. The second-order valence-electron chi connectivity index (χ2n) is 5.16. The second kappa shape index (κ2) is 3.62. The molecule has 2 aliphatic carbocycles. The maximum absolute atomic E-state index is 7.55. The zero-order valence-corrected chi connectivity index (χ0v) is 9.55. The summed E-state index contributed by atoms with van der Waals surface area (Å²) in [7, 11) is 0. The molecule has 84 valence electrons. The predicted molar refractivity (Wildman–Crippen MR) is 65.9 cm³/mol. The Balaban J connectivity index is 1.96. The summed E-state index contributed by atoms with van der Waals surface area (Å²) in [6.07, 6.45) is 7.13. The van der Waals surface area contributed by atoms with E-state index in [1.165, 1.54) is 36.8 Å². The Morgan fingerprint density at radius 1 is 1.00 bits per heavy atom. The maximum Gasteiger partial charge on any atom is 0.0943 e. The van der Waals surface area contributed by atoms with Crippen molar-refractivity contribution in [3.8, 4) is 0 Å². The first-order valence-corrected chi connectivity index (χ1v) is 6.21. The van der Waals surface area contributed by atoms with Gasteiger partial charge in [0.25, 0.3) is 0 Å². The summed E-state index contributed by atoms with van der Waals surface area (Å²) in [5.41, 5.74) is 11.6. The van der Waals surface area contributed by atoms with Crippen LogP contribution in [0.4, 0.5) is 0 Å². The van der Waals surface area contributed by atoms with Gasteiger partial charge in [0.1, 0.15) is 0 Å². The average Bonchev–Trinajstić information content (AvgIpc) is 2.68. The Labute approximate surface area is 96.4 Å². The molecule has 3 N–H and O–H groups in total. The van der Waals surface area contributed by atoms with Gasteiger partial charge in [0.05, 0.1) is 5.84 Å². The minimum Gasteiger partial charge on any atom is -0.387 e. The van der Waals surface area contributed by atoms with E-state index >= 15 is 0 Å². The average molecular weight is 214 g/mol. The molecule has 1 aromatic rings. The highest BCUT2D eigenvalue weighted by Crippen LogP contribution is 2.32. The standard InChI is InChI=1S/C14H18N2/c15-14(16)13-7-11-5-9-3-1-2-4-10(9)6-12(11)8-13/h5-6,13H,1-4,7-8H2,(H3,15,16). The maximum atomic E-state index is 7.55. The first-order chi connectivity index (χ1) is 7.74. The van der Waals surface area contributed by atoms with Crippen LogP contribution in [0.3, 0.4) is 0 Å². The third-order valence-electron chi connectivity index (χ3n) is 4.04. The molecule has 0 unspecified atom stereocenters. The Morgan fingerprint density at radius 3 is 1.94 bits per heavy atom. The first-order valence-electron chi connectivity index (χ1n) is 6.21. The monoisotopic (exact) mass is 214 g/mol. The molecule has 0 aromatic heterocycles. The molecule has 2 aliphatic rings. The number of amidine groups is 1. The van der Waals surface area contributed by atoms with E-state index in [1.807, 2.05) is 0 Å². The van der Waals surface area contributed by atoms with Gasteiger partial charge in [0, 0.05) is 5.92 Å². The number of hydrogen-bond donors (Lipinski definition) is 2. The first kappa shape index (κ1) is 9.88. The molecule has 1 aromatic carbocycles. The van der Waals surface area contributed by atoms with Crippen LogP contribution in [0.15, 0.2) is 12.1 Å². The van der Waals surface area contributed by atoms with E-state index < -0.39 is 0 Å². The molecule has 3 rings (SSSR count). The van der Waals surface area contributed by atoms with Crippen molar-refractivity contribution < 1.29 is 0 Å². The Morgan fingerprint density at radius 2 is 1.50 bits per heavy atom. The molecule has 0 radical (unpaired) electrons. The SMILES string of the molecule is N=C(N)C1Cc2cc3c(cc2C1)CCCC3. The van der Waals surface area contributed by atoms with Crippen LogP contribution in [0.25, 0.3) is 0 Å². The number of aryl methyl sites for hydroxylation is 2. The molecule has 2 nitrogen and oxygen atoms in total. The minimum atomic E-state index is 0.263. The zero-order chi connectivity index (χ0) is 11.1. The van der Waals surface area contributed by atoms with Crippen molar-refractivity contribution in [2.75, 3.05) is 0 Å². The number of hydrogen-bond acceptors (Lipinski definition) is 1. The molecule has 0 fully saturated rings. The molecule has 0 bridgehead atoms. The molecule has 0 amide bonds. The van der Waals surface area contributed by atoms with Gasteiger partial charge in [0.15, 0.2) is 0 Å². The van der Waals surface area contributed by atoms with Gasteiger partial charge >= 0.3 is 0 Å². The summed E-state index contributed by atoms with van der Waals surface area (Å²) < 4.78 is 0. The number of nitrogens with one attached hydrogen (secondary N) is 1. The fourth-order valence-electron chi connectivity index (χ4n) is 3.09. The molecule has 0 atom stereocenters. The van der Waals surface area contributed by atoms with Crippen LogP contribution in [0.5, 0.6) is 0 Å². The van der Waals surface area contributed by atoms with E-state index in [-0.39, 0.29) is 5.92 Å². The summed E-state index contributed by atoms with van der Waals surface area (Å²) in [5.74, 6) is 0.619. The van der Waals surface area contributed by atoms with Gasteiger partial charge in [-0.15, -0.1) is 0 Å². The lowest BCUT2D eigenvalue weighted by atomic mass is 9.89. The van der Waals surface area contributed by atoms with Crippen LogP contribution in [0.1, 0.15) is 35.1 Å². The van der Waals surface area contributed by atoms with Gasteiger partial charge in [-0.3, -0.25) is 5.41 Å². The second-order valence-corrected chi connectivity index (χ2v) is 5.16. The van der Waals surface area contributed by atoms with E-state index in [0.717, 1.165) is 12.8 Å². The van der Waals surface area contributed by atoms with Crippen LogP contribution in [-0.2, 0) is 25.7 Å². The number of nitrogens with two attached hydrogens (primary N) is 1. The predicted octanol–water partition coefficient (Wildman–Crippen LogP) is 2.22. The van der Waals surface area contributed by atoms with Crippen molar-refractivity contribution in [1.82, 2.24) is 0 Å². The molecule has 0 saturated carbocycles. The Bertz CT molecular complexity index is 413.